The molecule has 0 radical (unpaired) electrons. The van der Waals surface area contributed by atoms with Gasteiger partial charge in [-0.2, -0.15) is 0 Å². The van der Waals surface area contributed by atoms with Crippen molar-refractivity contribution in [2.24, 2.45) is 11.8 Å². The zero-order valence-electron chi connectivity index (χ0n) is 9.97. The van der Waals surface area contributed by atoms with Crippen LogP contribution in [0.15, 0.2) is 12.2 Å². The lowest BCUT2D eigenvalue weighted by Crippen LogP contribution is -2.14. The fourth-order valence-electron chi connectivity index (χ4n) is 2.74. The van der Waals surface area contributed by atoms with Crippen molar-refractivity contribution in [3.63, 3.8) is 0 Å². The summed E-state index contributed by atoms with van der Waals surface area (Å²) in [7, 11) is 0. The highest BCUT2D eigenvalue weighted by molar-refractivity contribution is 4.85. The molecule has 2 unspecified atom stereocenters. The van der Waals surface area contributed by atoms with Crippen molar-refractivity contribution in [2.75, 3.05) is 0 Å². The molecule has 0 amide bonds. The van der Waals surface area contributed by atoms with Crippen molar-refractivity contribution in [3.8, 4) is 0 Å². The predicted octanol–water partition coefficient (Wildman–Crippen LogP) is 4.95. The van der Waals surface area contributed by atoms with E-state index in [0.717, 1.165) is 11.8 Å². The minimum absolute atomic E-state index is 1.00. The molecule has 0 bridgehead atoms. The second-order valence-corrected chi connectivity index (χ2v) is 4.80. The van der Waals surface area contributed by atoms with Crippen LogP contribution in [0, 0.1) is 11.8 Å². The monoisotopic (exact) mass is 194 g/mol. The molecule has 0 aliphatic heterocycles. The molecule has 14 heavy (non-hydrogen) atoms. The van der Waals surface area contributed by atoms with Crippen LogP contribution >= 0.6 is 0 Å². The average molecular weight is 194 g/mol. The summed E-state index contributed by atoms with van der Waals surface area (Å²) in [5.41, 5.74) is 0. The Morgan fingerprint density at radius 1 is 1.07 bits per heavy atom. The Hall–Kier alpha value is -0.260. The molecule has 0 saturated heterocycles. The highest BCUT2D eigenvalue weighted by Crippen LogP contribution is 2.33. The van der Waals surface area contributed by atoms with Crippen molar-refractivity contribution >= 4 is 0 Å². The molecule has 1 rings (SSSR count). The molecule has 0 aromatic carbocycles. The predicted molar refractivity (Wildman–Crippen MR) is 64.4 cm³/mol. The van der Waals surface area contributed by atoms with Crippen LogP contribution in [0.1, 0.15) is 65.2 Å². The van der Waals surface area contributed by atoms with Gasteiger partial charge in [-0.25, -0.2) is 0 Å². The molecule has 1 aliphatic rings. The van der Waals surface area contributed by atoms with E-state index in [0.29, 0.717) is 0 Å². The van der Waals surface area contributed by atoms with E-state index in [2.05, 4.69) is 26.0 Å². The van der Waals surface area contributed by atoms with E-state index in [9.17, 15) is 0 Å². The van der Waals surface area contributed by atoms with Crippen LogP contribution < -0.4 is 0 Å². The highest BCUT2D eigenvalue weighted by atomic mass is 14.3. The molecule has 0 heterocycles. The summed E-state index contributed by atoms with van der Waals surface area (Å²) in [5.74, 6) is 2.05. The van der Waals surface area contributed by atoms with Gasteiger partial charge in [-0.1, -0.05) is 58.1 Å². The summed E-state index contributed by atoms with van der Waals surface area (Å²) in [6.07, 6.45) is 16.1. The van der Waals surface area contributed by atoms with Gasteiger partial charge in [0.2, 0.25) is 0 Å². The molecule has 0 aromatic heterocycles. The van der Waals surface area contributed by atoms with Crippen LogP contribution in [0.25, 0.3) is 0 Å². The fraction of sp³-hybridized carbons (Fsp3) is 0.857. The summed E-state index contributed by atoms with van der Waals surface area (Å²) in [6.45, 7) is 4.54. The minimum atomic E-state index is 1.00. The van der Waals surface area contributed by atoms with Crippen LogP contribution in [0.5, 0.6) is 0 Å². The SMILES string of the molecule is CC/C=C/CC1CCCC(CCC)C1. The van der Waals surface area contributed by atoms with Crippen LogP contribution in [0.2, 0.25) is 0 Å². The molecule has 0 spiro atoms. The van der Waals surface area contributed by atoms with E-state index in [1.54, 1.807) is 0 Å². The average Bonchev–Trinajstić information content (AvgIpc) is 2.19. The first-order valence-corrected chi connectivity index (χ1v) is 6.51. The lowest BCUT2D eigenvalue weighted by atomic mass is 9.78. The van der Waals surface area contributed by atoms with Crippen molar-refractivity contribution in [1.82, 2.24) is 0 Å². The van der Waals surface area contributed by atoms with Crippen molar-refractivity contribution in [1.29, 1.82) is 0 Å². The molecular formula is C14H26. The molecule has 2 atom stereocenters. The van der Waals surface area contributed by atoms with Gasteiger partial charge in [0.05, 0.1) is 0 Å². The first-order valence-electron chi connectivity index (χ1n) is 6.51. The smallest absolute Gasteiger partial charge is 0.0322 e. The third-order valence-corrected chi connectivity index (χ3v) is 3.46. The Morgan fingerprint density at radius 2 is 1.86 bits per heavy atom. The number of rotatable bonds is 5. The maximum absolute atomic E-state index is 2.40. The molecular weight excluding hydrogens is 168 g/mol. The fourth-order valence-corrected chi connectivity index (χ4v) is 2.74. The molecule has 0 N–H and O–H groups in total. The summed E-state index contributed by atoms with van der Waals surface area (Å²) in [5, 5.41) is 0. The van der Waals surface area contributed by atoms with E-state index in [4.69, 9.17) is 0 Å². The molecule has 1 saturated carbocycles. The van der Waals surface area contributed by atoms with E-state index in [1.165, 1.54) is 51.4 Å². The number of hydrogen-bond donors (Lipinski definition) is 0. The van der Waals surface area contributed by atoms with Gasteiger partial charge in [-0.05, 0) is 31.1 Å². The van der Waals surface area contributed by atoms with Crippen molar-refractivity contribution < 1.29 is 0 Å². The Morgan fingerprint density at radius 3 is 2.57 bits per heavy atom. The van der Waals surface area contributed by atoms with Crippen LogP contribution in [0.4, 0.5) is 0 Å². The third kappa shape index (κ3) is 4.30. The molecule has 1 aliphatic carbocycles. The van der Waals surface area contributed by atoms with Crippen molar-refractivity contribution in [2.45, 2.75) is 65.2 Å². The second kappa shape index (κ2) is 7.09. The van der Waals surface area contributed by atoms with E-state index < -0.39 is 0 Å². The number of allylic oxidation sites excluding steroid dienone is 2. The maximum atomic E-state index is 2.40. The standard InChI is InChI=1S/C14H26/c1-3-5-6-9-14-11-7-10-13(12-14)8-4-2/h5-6,13-14H,3-4,7-12H2,1-2H3/b6-5+. The zero-order chi connectivity index (χ0) is 10.2. The lowest BCUT2D eigenvalue weighted by Gasteiger charge is -2.28. The van der Waals surface area contributed by atoms with Gasteiger partial charge in [0.15, 0.2) is 0 Å². The van der Waals surface area contributed by atoms with Gasteiger partial charge in [-0.3, -0.25) is 0 Å². The second-order valence-electron chi connectivity index (χ2n) is 4.80. The molecule has 0 aromatic rings. The van der Waals surface area contributed by atoms with Crippen molar-refractivity contribution in [3.05, 3.63) is 12.2 Å². The van der Waals surface area contributed by atoms with Gasteiger partial charge in [-0.15, -0.1) is 0 Å². The van der Waals surface area contributed by atoms with E-state index >= 15 is 0 Å². The van der Waals surface area contributed by atoms with Gasteiger partial charge in [0, 0.05) is 0 Å². The zero-order valence-corrected chi connectivity index (χ0v) is 9.97. The summed E-state index contributed by atoms with van der Waals surface area (Å²) in [4.78, 5) is 0. The van der Waals surface area contributed by atoms with E-state index in [-0.39, 0.29) is 0 Å². The number of hydrogen-bond acceptors (Lipinski definition) is 0. The summed E-state index contributed by atoms with van der Waals surface area (Å²) >= 11 is 0. The van der Waals surface area contributed by atoms with Gasteiger partial charge in [0.1, 0.15) is 0 Å². The third-order valence-electron chi connectivity index (χ3n) is 3.46. The molecule has 82 valence electrons. The maximum Gasteiger partial charge on any atom is -0.0322 e. The normalized spacial score (nSPS) is 28.4. The molecule has 0 heteroatoms. The van der Waals surface area contributed by atoms with Crippen LogP contribution in [0.3, 0.4) is 0 Å². The van der Waals surface area contributed by atoms with Gasteiger partial charge >= 0.3 is 0 Å². The first-order chi connectivity index (χ1) is 6.86. The Balaban J connectivity index is 2.21. The summed E-state index contributed by atoms with van der Waals surface area (Å²) in [6, 6.07) is 0. The van der Waals surface area contributed by atoms with Crippen LogP contribution in [-0.2, 0) is 0 Å². The molecule has 0 nitrogen and oxygen atoms in total. The van der Waals surface area contributed by atoms with Gasteiger partial charge in [0.25, 0.3) is 0 Å². The largest absolute Gasteiger partial charge is 0.0888 e. The Bertz CT molecular complexity index is 155. The lowest BCUT2D eigenvalue weighted by molar-refractivity contribution is 0.255. The highest BCUT2D eigenvalue weighted by Gasteiger charge is 2.19. The molecule has 1 fully saturated rings. The quantitative estimate of drug-likeness (QED) is 0.543. The first kappa shape index (κ1) is 11.8. The summed E-state index contributed by atoms with van der Waals surface area (Å²) < 4.78 is 0. The topological polar surface area (TPSA) is 0 Å². The van der Waals surface area contributed by atoms with Gasteiger partial charge < -0.3 is 0 Å². The Labute approximate surface area is 89.8 Å². The minimum Gasteiger partial charge on any atom is -0.0888 e. The van der Waals surface area contributed by atoms with E-state index in [1.807, 2.05) is 0 Å². The van der Waals surface area contributed by atoms with Crippen LogP contribution in [-0.4, -0.2) is 0 Å². The Kier molecular flexibility index (Phi) is 5.98.